The Hall–Kier alpha value is -1.31. The van der Waals surface area contributed by atoms with Crippen LogP contribution < -0.4 is 5.73 Å². The molecule has 1 aliphatic carbocycles. The summed E-state index contributed by atoms with van der Waals surface area (Å²) in [5.41, 5.74) is 6.09. The van der Waals surface area contributed by atoms with E-state index in [0.717, 1.165) is 31.4 Å². The Morgan fingerprint density at radius 2 is 1.78 bits per heavy atom. The Balaban J connectivity index is 0.00000364. The van der Waals surface area contributed by atoms with Gasteiger partial charge < -0.3 is 15.5 Å². The molecular formula is C19H29ClF3N3O. The smallest absolute Gasteiger partial charge is 0.337 e. The molecule has 0 unspecified atom stereocenters. The molecule has 0 spiro atoms. The summed E-state index contributed by atoms with van der Waals surface area (Å²) in [4.78, 5) is 16.5. The van der Waals surface area contributed by atoms with Gasteiger partial charge in [0.1, 0.15) is 0 Å². The molecule has 2 rings (SSSR count). The molecule has 1 fully saturated rings. The van der Waals surface area contributed by atoms with Crippen LogP contribution >= 0.6 is 12.4 Å². The van der Waals surface area contributed by atoms with Crippen molar-refractivity contribution < 1.29 is 18.0 Å². The van der Waals surface area contributed by atoms with Crippen LogP contribution in [0.2, 0.25) is 0 Å². The minimum Gasteiger partial charge on any atom is -0.337 e. The van der Waals surface area contributed by atoms with Crippen molar-refractivity contribution >= 4 is 18.3 Å². The van der Waals surface area contributed by atoms with Gasteiger partial charge in [0.05, 0.1) is 5.56 Å². The lowest BCUT2D eigenvalue weighted by Gasteiger charge is -2.27. The van der Waals surface area contributed by atoms with Gasteiger partial charge in [-0.3, -0.25) is 4.79 Å². The summed E-state index contributed by atoms with van der Waals surface area (Å²) in [6.45, 7) is 1.55. The minimum atomic E-state index is -4.35. The summed E-state index contributed by atoms with van der Waals surface area (Å²) in [5, 5.41) is 0. The summed E-state index contributed by atoms with van der Waals surface area (Å²) in [6, 6.07) is 5.09. The minimum absolute atomic E-state index is 0. The van der Waals surface area contributed by atoms with Gasteiger partial charge in [-0.15, -0.1) is 12.4 Å². The molecule has 1 saturated carbocycles. The maximum absolute atomic E-state index is 12.8. The molecule has 2 N–H and O–H groups in total. The average molecular weight is 408 g/mol. The molecule has 0 saturated heterocycles. The van der Waals surface area contributed by atoms with E-state index in [1.165, 1.54) is 12.1 Å². The molecule has 2 atom stereocenters. The monoisotopic (exact) mass is 407 g/mol. The maximum atomic E-state index is 12.8. The van der Waals surface area contributed by atoms with E-state index in [-0.39, 0.29) is 30.3 Å². The van der Waals surface area contributed by atoms with Gasteiger partial charge >= 0.3 is 6.18 Å². The SMILES string of the molecule is CN(C)CCN(Cc1ccc(C(F)(F)F)cc1)C(=O)C[C@@H]1CCC[C@H]1N.Cl. The summed E-state index contributed by atoms with van der Waals surface area (Å²) in [5.74, 6) is 0.228. The first-order valence-corrected chi connectivity index (χ1v) is 9.01. The van der Waals surface area contributed by atoms with E-state index in [4.69, 9.17) is 5.73 Å². The highest BCUT2D eigenvalue weighted by Crippen LogP contribution is 2.30. The standard InChI is InChI=1S/C19H28F3N3O.ClH/c1-24(2)10-11-25(18(26)12-15-4-3-5-17(15)23)13-14-6-8-16(9-7-14)19(20,21)22;/h6-9,15,17H,3-5,10-13,23H2,1-2H3;1H/t15-,17+;/m0./s1. The third-order valence-corrected chi connectivity index (χ3v) is 4.98. The van der Waals surface area contributed by atoms with Crippen molar-refractivity contribution in [3.8, 4) is 0 Å². The summed E-state index contributed by atoms with van der Waals surface area (Å²) in [7, 11) is 3.85. The van der Waals surface area contributed by atoms with Crippen LogP contribution in [0.5, 0.6) is 0 Å². The van der Waals surface area contributed by atoms with Crippen LogP contribution in [-0.2, 0) is 17.5 Å². The first-order valence-electron chi connectivity index (χ1n) is 9.01. The number of carbonyl (C=O) groups is 1. The Labute approximate surface area is 165 Å². The molecular weight excluding hydrogens is 379 g/mol. The van der Waals surface area contributed by atoms with Crippen LogP contribution in [0.4, 0.5) is 13.2 Å². The zero-order valence-electron chi connectivity index (χ0n) is 15.8. The summed E-state index contributed by atoms with van der Waals surface area (Å²) >= 11 is 0. The number of carbonyl (C=O) groups excluding carboxylic acids is 1. The fraction of sp³-hybridized carbons (Fsp3) is 0.632. The molecule has 27 heavy (non-hydrogen) atoms. The quantitative estimate of drug-likeness (QED) is 0.752. The van der Waals surface area contributed by atoms with Crippen molar-refractivity contribution in [3.05, 3.63) is 35.4 Å². The fourth-order valence-corrected chi connectivity index (χ4v) is 3.30. The normalized spacial score (nSPS) is 19.8. The number of rotatable bonds is 7. The van der Waals surface area contributed by atoms with Crippen LogP contribution in [0.3, 0.4) is 0 Å². The van der Waals surface area contributed by atoms with Crippen molar-refractivity contribution in [1.82, 2.24) is 9.80 Å². The van der Waals surface area contributed by atoms with E-state index < -0.39 is 11.7 Å². The van der Waals surface area contributed by atoms with E-state index in [1.807, 2.05) is 19.0 Å². The third kappa shape index (κ3) is 7.31. The summed E-state index contributed by atoms with van der Waals surface area (Å²) < 4.78 is 38.1. The number of halogens is 4. The van der Waals surface area contributed by atoms with Gasteiger partial charge in [-0.1, -0.05) is 18.6 Å². The van der Waals surface area contributed by atoms with Crippen molar-refractivity contribution in [1.29, 1.82) is 0 Å². The van der Waals surface area contributed by atoms with E-state index in [2.05, 4.69) is 0 Å². The van der Waals surface area contributed by atoms with E-state index in [9.17, 15) is 18.0 Å². The predicted molar refractivity (Wildman–Crippen MR) is 103 cm³/mol. The molecule has 0 radical (unpaired) electrons. The molecule has 1 aromatic rings. The molecule has 0 heterocycles. The highest BCUT2D eigenvalue weighted by Gasteiger charge is 2.30. The first kappa shape index (κ1) is 23.7. The highest BCUT2D eigenvalue weighted by atomic mass is 35.5. The Morgan fingerprint density at radius 1 is 1.15 bits per heavy atom. The van der Waals surface area contributed by atoms with Crippen LogP contribution in [0, 0.1) is 5.92 Å². The van der Waals surface area contributed by atoms with E-state index in [0.29, 0.717) is 31.6 Å². The molecule has 0 bridgehead atoms. The third-order valence-electron chi connectivity index (χ3n) is 4.98. The molecule has 4 nitrogen and oxygen atoms in total. The van der Waals surface area contributed by atoms with Crippen molar-refractivity contribution in [2.45, 2.75) is 44.4 Å². The van der Waals surface area contributed by atoms with Crippen LogP contribution in [-0.4, -0.2) is 48.9 Å². The molecule has 8 heteroatoms. The zero-order valence-corrected chi connectivity index (χ0v) is 16.7. The first-order chi connectivity index (χ1) is 12.2. The number of likely N-dealkylation sites (N-methyl/N-ethyl adjacent to an activating group) is 1. The number of alkyl halides is 3. The van der Waals surface area contributed by atoms with Crippen LogP contribution in [0.1, 0.15) is 36.8 Å². The lowest BCUT2D eigenvalue weighted by molar-refractivity contribution is -0.137. The van der Waals surface area contributed by atoms with Gasteiger partial charge in [0.2, 0.25) is 5.91 Å². The van der Waals surface area contributed by atoms with Crippen molar-refractivity contribution in [3.63, 3.8) is 0 Å². The van der Waals surface area contributed by atoms with Crippen molar-refractivity contribution in [2.24, 2.45) is 11.7 Å². The van der Waals surface area contributed by atoms with Crippen LogP contribution in [0.25, 0.3) is 0 Å². The Morgan fingerprint density at radius 3 is 2.26 bits per heavy atom. The number of amides is 1. The van der Waals surface area contributed by atoms with Gasteiger partial charge in [-0.25, -0.2) is 0 Å². The van der Waals surface area contributed by atoms with Crippen LogP contribution in [0.15, 0.2) is 24.3 Å². The second-order valence-corrected chi connectivity index (χ2v) is 7.37. The number of benzene rings is 1. The number of hydrogen-bond donors (Lipinski definition) is 1. The lowest BCUT2D eigenvalue weighted by Crippen LogP contribution is -2.38. The number of nitrogens with zero attached hydrogens (tertiary/aromatic N) is 2. The lowest BCUT2D eigenvalue weighted by atomic mass is 9.99. The average Bonchev–Trinajstić information content (AvgIpc) is 2.95. The molecule has 0 aromatic heterocycles. The van der Waals surface area contributed by atoms with Gasteiger partial charge in [0.15, 0.2) is 0 Å². The van der Waals surface area contributed by atoms with Gasteiger partial charge in [-0.2, -0.15) is 13.2 Å². The van der Waals surface area contributed by atoms with E-state index in [1.54, 1.807) is 4.90 Å². The topological polar surface area (TPSA) is 49.6 Å². The predicted octanol–water partition coefficient (Wildman–Crippen LogP) is 3.53. The van der Waals surface area contributed by atoms with Gasteiger partial charge in [0.25, 0.3) is 0 Å². The summed E-state index contributed by atoms with van der Waals surface area (Å²) in [6.07, 6.45) is -0.966. The largest absolute Gasteiger partial charge is 0.416 e. The molecule has 0 aliphatic heterocycles. The Bertz CT molecular complexity index is 593. The number of nitrogens with two attached hydrogens (primary N) is 1. The molecule has 1 aliphatic rings. The van der Waals surface area contributed by atoms with E-state index >= 15 is 0 Å². The fourth-order valence-electron chi connectivity index (χ4n) is 3.30. The number of hydrogen-bond acceptors (Lipinski definition) is 3. The van der Waals surface area contributed by atoms with Crippen molar-refractivity contribution in [2.75, 3.05) is 27.2 Å². The highest BCUT2D eigenvalue weighted by molar-refractivity contribution is 5.85. The second-order valence-electron chi connectivity index (χ2n) is 7.37. The second kappa shape index (κ2) is 10.3. The molecule has 154 valence electrons. The zero-order chi connectivity index (χ0) is 19.3. The van der Waals surface area contributed by atoms with Gasteiger partial charge in [0, 0.05) is 32.1 Å². The van der Waals surface area contributed by atoms with Gasteiger partial charge in [-0.05, 0) is 50.6 Å². The molecule has 1 aromatic carbocycles. The maximum Gasteiger partial charge on any atom is 0.416 e. The Kier molecular flexibility index (Phi) is 9.05. The molecule has 1 amide bonds.